The minimum absolute atomic E-state index is 0.291. The molecule has 0 bridgehead atoms. The third-order valence-electron chi connectivity index (χ3n) is 5.33. The Morgan fingerprint density at radius 3 is 2.55 bits per heavy atom. The molecule has 0 amide bonds. The van der Waals surface area contributed by atoms with Gasteiger partial charge in [0, 0.05) is 29.6 Å². The van der Waals surface area contributed by atoms with E-state index in [1.54, 1.807) is 24.4 Å². The van der Waals surface area contributed by atoms with E-state index in [2.05, 4.69) is 9.97 Å². The Morgan fingerprint density at radius 2 is 1.79 bits per heavy atom. The number of carbonyl (C=O) groups is 2. The number of fused-ring (bicyclic) bond motifs is 1. The molecule has 4 aromatic rings. The topological polar surface area (TPSA) is 74.1 Å². The second-order valence-electron chi connectivity index (χ2n) is 7.65. The Morgan fingerprint density at radius 1 is 1.06 bits per heavy atom. The number of ether oxygens (including phenoxy) is 1. The van der Waals surface area contributed by atoms with Crippen molar-refractivity contribution in [1.82, 2.24) is 14.5 Å². The molecule has 0 aliphatic heterocycles. The molecule has 2 aromatic heterocycles. The van der Waals surface area contributed by atoms with Gasteiger partial charge in [-0.2, -0.15) is 0 Å². The summed E-state index contributed by atoms with van der Waals surface area (Å²) in [6.07, 6.45) is 4.29. The van der Waals surface area contributed by atoms with Crippen LogP contribution in [0.25, 0.3) is 17.1 Å². The minimum atomic E-state index is -0.640. The van der Waals surface area contributed by atoms with Crippen molar-refractivity contribution < 1.29 is 18.7 Å². The van der Waals surface area contributed by atoms with Crippen LogP contribution in [0, 0.1) is 19.7 Å². The van der Waals surface area contributed by atoms with Gasteiger partial charge >= 0.3 is 5.97 Å². The fourth-order valence-electron chi connectivity index (χ4n) is 3.57. The summed E-state index contributed by atoms with van der Waals surface area (Å²) in [7, 11) is 0. The van der Waals surface area contributed by atoms with E-state index < -0.39 is 5.97 Å². The van der Waals surface area contributed by atoms with Crippen LogP contribution >= 0.6 is 0 Å². The highest BCUT2D eigenvalue weighted by atomic mass is 19.1. The first-order chi connectivity index (χ1) is 15.9. The van der Waals surface area contributed by atoms with Crippen molar-refractivity contribution in [2.45, 2.75) is 20.4 Å². The van der Waals surface area contributed by atoms with Gasteiger partial charge in [-0.25, -0.2) is 14.2 Å². The number of carbonyl (C=O) groups excluding carboxylic acids is 2. The molecule has 0 aliphatic carbocycles. The number of rotatable bonds is 7. The maximum absolute atomic E-state index is 13.2. The summed E-state index contributed by atoms with van der Waals surface area (Å²) in [6.45, 7) is 3.88. The van der Waals surface area contributed by atoms with E-state index >= 15 is 0 Å². The molecule has 7 heteroatoms. The number of esters is 1. The number of halogens is 1. The van der Waals surface area contributed by atoms with E-state index in [0.29, 0.717) is 17.8 Å². The van der Waals surface area contributed by atoms with Crippen LogP contribution < -0.4 is 0 Å². The Bertz CT molecular complexity index is 1360. The van der Waals surface area contributed by atoms with Crippen LogP contribution in [-0.2, 0) is 16.1 Å². The van der Waals surface area contributed by atoms with E-state index in [0.717, 1.165) is 28.0 Å². The summed E-state index contributed by atoms with van der Waals surface area (Å²) >= 11 is 0. The zero-order valence-electron chi connectivity index (χ0n) is 18.3. The maximum atomic E-state index is 13.2. The molecule has 2 aromatic carbocycles. The van der Waals surface area contributed by atoms with E-state index in [4.69, 9.17) is 4.74 Å². The lowest BCUT2D eigenvalue weighted by Gasteiger charge is -2.10. The molecule has 33 heavy (non-hydrogen) atoms. The molecular weight excluding hydrogens is 421 g/mol. The van der Waals surface area contributed by atoms with Gasteiger partial charge in [0.25, 0.3) is 0 Å². The molecular formula is C26H22FN3O3. The fraction of sp³-hybridized carbons (Fsp3) is 0.154. The number of aromatic nitrogens is 3. The third kappa shape index (κ3) is 5.20. The minimum Gasteiger partial charge on any atom is -0.454 e. The normalized spacial score (nSPS) is 11.2. The van der Waals surface area contributed by atoms with Gasteiger partial charge in [-0.05, 0) is 55.8 Å². The SMILES string of the molecule is Cc1cc(C(=O)COC(=O)/C=C/c2cnc3ccccc3n2)c(C)n1Cc1ccc(F)cc1. The van der Waals surface area contributed by atoms with Gasteiger partial charge in [0.15, 0.2) is 6.61 Å². The van der Waals surface area contributed by atoms with E-state index in [-0.39, 0.29) is 18.2 Å². The van der Waals surface area contributed by atoms with Gasteiger partial charge in [0.2, 0.25) is 5.78 Å². The standard InChI is InChI=1S/C26H22FN3O3/c1-17-13-22(18(2)30(17)15-19-7-9-20(27)10-8-19)25(31)16-33-26(32)12-11-21-14-28-23-5-3-4-6-24(23)29-21/h3-14H,15-16H2,1-2H3/b12-11+. The molecule has 0 atom stereocenters. The van der Waals surface area contributed by atoms with Crippen molar-refractivity contribution in [3.8, 4) is 0 Å². The number of Topliss-reactive ketones (excluding diaryl/α,β-unsaturated/α-hetero) is 1. The second kappa shape index (κ2) is 9.56. The number of hydrogen-bond donors (Lipinski definition) is 0. The number of ketones is 1. The molecule has 0 saturated carbocycles. The van der Waals surface area contributed by atoms with Gasteiger partial charge in [0.1, 0.15) is 5.82 Å². The number of nitrogens with zero attached hydrogens (tertiary/aromatic N) is 3. The van der Waals surface area contributed by atoms with Crippen molar-refractivity contribution in [3.63, 3.8) is 0 Å². The van der Waals surface area contributed by atoms with Gasteiger partial charge in [-0.15, -0.1) is 0 Å². The maximum Gasteiger partial charge on any atom is 0.331 e. The van der Waals surface area contributed by atoms with Crippen LogP contribution in [-0.4, -0.2) is 32.9 Å². The first-order valence-electron chi connectivity index (χ1n) is 10.4. The second-order valence-corrected chi connectivity index (χ2v) is 7.65. The van der Waals surface area contributed by atoms with Crippen LogP contribution in [0.4, 0.5) is 4.39 Å². The highest BCUT2D eigenvalue weighted by molar-refractivity contribution is 6.00. The number of hydrogen-bond acceptors (Lipinski definition) is 5. The molecule has 6 nitrogen and oxygen atoms in total. The molecule has 4 rings (SSSR count). The van der Waals surface area contributed by atoms with Crippen LogP contribution in [0.1, 0.15) is 33.0 Å². The molecule has 0 radical (unpaired) electrons. The predicted octanol–water partition coefficient (Wildman–Crippen LogP) is 4.67. The molecule has 0 spiro atoms. The van der Waals surface area contributed by atoms with Crippen LogP contribution in [0.2, 0.25) is 0 Å². The Labute approximate surface area is 190 Å². The molecule has 166 valence electrons. The molecule has 0 aliphatic rings. The summed E-state index contributed by atoms with van der Waals surface area (Å²) in [5.74, 6) is -1.22. The van der Waals surface area contributed by atoms with Crippen molar-refractivity contribution in [3.05, 3.63) is 101 Å². The largest absolute Gasteiger partial charge is 0.454 e. The van der Waals surface area contributed by atoms with Crippen molar-refractivity contribution in [2.75, 3.05) is 6.61 Å². The van der Waals surface area contributed by atoms with Gasteiger partial charge < -0.3 is 9.30 Å². The fourth-order valence-corrected chi connectivity index (χ4v) is 3.57. The van der Waals surface area contributed by atoms with Crippen molar-refractivity contribution in [1.29, 1.82) is 0 Å². The summed E-state index contributed by atoms with van der Waals surface area (Å²) in [6, 6.07) is 15.4. The zero-order valence-corrected chi connectivity index (χ0v) is 18.3. The summed E-state index contributed by atoms with van der Waals surface area (Å²) in [5, 5.41) is 0. The van der Waals surface area contributed by atoms with Gasteiger partial charge in [0.05, 0.1) is 22.9 Å². The summed E-state index contributed by atoms with van der Waals surface area (Å²) in [4.78, 5) is 33.5. The number of benzene rings is 2. The first kappa shape index (κ1) is 22.1. The number of para-hydroxylation sites is 2. The van der Waals surface area contributed by atoms with Crippen molar-refractivity contribution in [2.24, 2.45) is 0 Å². The lowest BCUT2D eigenvalue weighted by Crippen LogP contribution is -2.14. The summed E-state index contributed by atoms with van der Waals surface area (Å²) < 4.78 is 20.3. The Hall–Kier alpha value is -4.13. The summed E-state index contributed by atoms with van der Waals surface area (Å²) in [5.41, 5.74) is 5.07. The third-order valence-corrected chi connectivity index (χ3v) is 5.33. The lowest BCUT2D eigenvalue weighted by molar-refractivity contribution is -0.136. The molecule has 0 N–H and O–H groups in total. The van der Waals surface area contributed by atoms with E-state index in [1.807, 2.05) is 42.7 Å². The quantitative estimate of drug-likeness (QED) is 0.236. The Balaban J connectivity index is 1.38. The highest BCUT2D eigenvalue weighted by Crippen LogP contribution is 2.18. The molecule has 0 unspecified atom stereocenters. The smallest absolute Gasteiger partial charge is 0.331 e. The molecule has 2 heterocycles. The zero-order chi connectivity index (χ0) is 23.4. The average Bonchev–Trinajstić information content (AvgIpc) is 3.10. The lowest BCUT2D eigenvalue weighted by atomic mass is 10.1. The van der Waals surface area contributed by atoms with E-state index in [1.165, 1.54) is 24.3 Å². The highest BCUT2D eigenvalue weighted by Gasteiger charge is 2.17. The molecule has 0 fully saturated rings. The monoisotopic (exact) mass is 443 g/mol. The van der Waals surface area contributed by atoms with E-state index in [9.17, 15) is 14.0 Å². The van der Waals surface area contributed by atoms with Crippen molar-refractivity contribution >= 4 is 28.9 Å². The van der Waals surface area contributed by atoms with Gasteiger partial charge in [-0.3, -0.25) is 9.78 Å². The Kier molecular flexibility index (Phi) is 6.40. The average molecular weight is 443 g/mol. The first-order valence-corrected chi connectivity index (χ1v) is 10.4. The predicted molar refractivity (Wildman–Crippen MR) is 123 cm³/mol. The number of aryl methyl sites for hydroxylation is 1. The van der Waals surface area contributed by atoms with Crippen LogP contribution in [0.15, 0.2) is 66.9 Å². The molecule has 0 saturated heterocycles. The van der Waals surface area contributed by atoms with Gasteiger partial charge in [-0.1, -0.05) is 24.3 Å². The van der Waals surface area contributed by atoms with Crippen LogP contribution in [0.3, 0.4) is 0 Å². The van der Waals surface area contributed by atoms with Crippen LogP contribution in [0.5, 0.6) is 0 Å².